The number of benzene rings is 3. The Labute approximate surface area is 159 Å². The summed E-state index contributed by atoms with van der Waals surface area (Å²) in [5.74, 6) is 1.55. The molecule has 4 heteroatoms. The van der Waals surface area contributed by atoms with Crippen molar-refractivity contribution in [1.82, 2.24) is 10.3 Å². The molecule has 0 radical (unpaired) electrons. The van der Waals surface area contributed by atoms with Crippen LogP contribution < -0.4 is 14.8 Å². The fourth-order valence-corrected chi connectivity index (χ4v) is 3.51. The van der Waals surface area contributed by atoms with Crippen LogP contribution in [0, 0.1) is 0 Å². The number of ether oxygens (including phenoxy) is 2. The molecule has 4 aromatic rings. The first-order valence-corrected chi connectivity index (χ1v) is 9.31. The molecule has 0 fully saturated rings. The molecule has 27 heavy (non-hydrogen) atoms. The Bertz CT molecular complexity index is 1040. The molecule has 0 amide bonds. The maximum atomic E-state index is 5.80. The number of aromatic amines is 1. The van der Waals surface area contributed by atoms with Crippen LogP contribution >= 0.6 is 0 Å². The average molecular weight is 360 g/mol. The van der Waals surface area contributed by atoms with Gasteiger partial charge in [-0.1, -0.05) is 42.5 Å². The number of fused-ring (bicyclic) bond motifs is 3. The second-order valence-electron chi connectivity index (χ2n) is 6.51. The number of hydrogen-bond donors (Lipinski definition) is 2. The third kappa shape index (κ3) is 3.76. The summed E-state index contributed by atoms with van der Waals surface area (Å²) in [6.07, 6.45) is 0.980. The zero-order valence-electron chi connectivity index (χ0n) is 15.5. The van der Waals surface area contributed by atoms with Crippen molar-refractivity contribution in [3.63, 3.8) is 0 Å². The number of para-hydroxylation sites is 3. The van der Waals surface area contributed by atoms with Crippen molar-refractivity contribution in [3.05, 3.63) is 72.3 Å². The summed E-state index contributed by atoms with van der Waals surface area (Å²) in [7, 11) is 1.66. The van der Waals surface area contributed by atoms with Crippen molar-refractivity contribution in [3.8, 4) is 11.5 Å². The highest BCUT2D eigenvalue weighted by molar-refractivity contribution is 6.08. The van der Waals surface area contributed by atoms with Crippen LogP contribution in [0.3, 0.4) is 0 Å². The Morgan fingerprint density at radius 1 is 0.815 bits per heavy atom. The van der Waals surface area contributed by atoms with Crippen LogP contribution in [0.1, 0.15) is 5.56 Å². The van der Waals surface area contributed by atoms with Gasteiger partial charge in [0.2, 0.25) is 0 Å². The first-order chi connectivity index (χ1) is 13.4. The first-order valence-electron chi connectivity index (χ1n) is 9.31. The van der Waals surface area contributed by atoms with Crippen LogP contribution in [0.2, 0.25) is 0 Å². The molecule has 4 nitrogen and oxygen atoms in total. The number of nitrogens with one attached hydrogen (secondary N) is 2. The quantitative estimate of drug-likeness (QED) is 0.454. The molecule has 3 aromatic carbocycles. The third-order valence-electron chi connectivity index (χ3n) is 4.79. The van der Waals surface area contributed by atoms with Gasteiger partial charge in [-0.2, -0.15) is 0 Å². The number of rotatable bonds is 8. The smallest absolute Gasteiger partial charge is 0.161 e. The van der Waals surface area contributed by atoms with E-state index in [9.17, 15) is 0 Å². The summed E-state index contributed by atoms with van der Waals surface area (Å²) in [4.78, 5) is 3.51. The molecule has 1 aromatic heterocycles. The van der Waals surface area contributed by atoms with E-state index in [-0.39, 0.29) is 0 Å². The minimum Gasteiger partial charge on any atom is -0.493 e. The molecule has 0 aliphatic heterocycles. The molecule has 0 saturated carbocycles. The maximum absolute atomic E-state index is 5.80. The second-order valence-corrected chi connectivity index (χ2v) is 6.51. The van der Waals surface area contributed by atoms with E-state index in [1.807, 2.05) is 24.3 Å². The van der Waals surface area contributed by atoms with E-state index in [2.05, 4.69) is 52.8 Å². The van der Waals surface area contributed by atoms with E-state index >= 15 is 0 Å². The maximum Gasteiger partial charge on any atom is 0.161 e. The molecule has 4 rings (SSSR count). The minimum absolute atomic E-state index is 0.609. The highest BCUT2D eigenvalue weighted by Crippen LogP contribution is 2.28. The highest BCUT2D eigenvalue weighted by atomic mass is 16.5. The summed E-state index contributed by atoms with van der Waals surface area (Å²) in [5.41, 5.74) is 3.76. The molecule has 0 spiro atoms. The average Bonchev–Trinajstić information content (AvgIpc) is 3.10. The Morgan fingerprint density at radius 3 is 2.48 bits per heavy atom. The lowest BCUT2D eigenvalue weighted by Gasteiger charge is -2.11. The van der Waals surface area contributed by atoms with Crippen molar-refractivity contribution < 1.29 is 9.47 Å². The van der Waals surface area contributed by atoms with E-state index in [0.29, 0.717) is 6.61 Å². The van der Waals surface area contributed by atoms with Gasteiger partial charge in [0.1, 0.15) is 6.61 Å². The summed E-state index contributed by atoms with van der Waals surface area (Å²) in [6.45, 7) is 2.31. The number of methoxy groups -OCH3 is 1. The Balaban J connectivity index is 1.33. The molecule has 1 heterocycles. The van der Waals surface area contributed by atoms with Crippen LogP contribution in [0.25, 0.3) is 21.8 Å². The van der Waals surface area contributed by atoms with Crippen molar-refractivity contribution in [1.29, 1.82) is 0 Å². The van der Waals surface area contributed by atoms with E-state index in [0.717, 1.165) is 31.0 Å². The van der Waals surface area contributed by atoms with E-state index < -0.39 is 0 Å². The molecular weight excluding hydrogens is 336 g/mol. The molecule has 2 N–H and O–H groups in total. The Morgan fingerprint density at radius 2 is 1.59 bits per heavy atom. The van der Waals surface area contributed by atoms with Crippen LogP contribution in [0.5, 0.6) is 11.5 Å². The number of H-pyrrole nitrogens is 1. The Kier molecular flexibility index (Phi) is 5.26. The van der Waals surface area contributed by atoms with Crippen LogP contribution in [-0.4, -0.2) is 31.8 Å². The van der Waals surface area contributed by atoms with Gasteiger partial charge in [-0.15, -0.1) is 0 Å². The second kappa shape index (κ2) is 8.14. The monoisotopic (exact) mass is 360 g/mol. The largest absolute Gasteiger partial charge is 0.493 e. The van der Waals surface area contributed by atoms with Crippen molar-refractivity contribution in [2.75, 3.05) is 26.8 Å². The van der Waals surface area contributed by atoms with Crippen molar-refractivity contribution in [2.24, 2.45) is 0 Å². The zero-order valence-corrected chi connectivity index (χ0v) is 15.5. The topological polar surface area (TPSA) is 46.3 Å². The van der Waals surface area contributed by atoms with Crippen LogP contribution in [0.4, 0.5) is 0 Å². The lowest BCUT2D eigenvalue weighted by molar-refractivity contribution is 0.292. The van der Waals surface area contributed by atoms with E-state index in [1.54, 1.807) is 7.11 Å². The predicted molar refractivity (Wildman–Crippen MR) is 111 cm³/mol. The molecule has 0 aliphatic carbocycles. The predicted octanol–water partition coefficient (Wildman–Crippen LogP) is 4.54. The van der Waals surface area contributed by atoms with Gasteiger partial charge in [0, 0.05) is 28.4 Å². The zero-order chi connectivity index (χ0) is 18.5. The van der Waals surface area contributed by atoms with Gasteiger partial charge in [0.15, 0.2) is 11.5 Å². The van der Waals surface area contributed by atoms with E-state index in [4.69, 9.17) is 9.47 Å². The summed E-state index contributed by atoms with van der Waals surface area (Å²) in [6, 6.07) is 22.7. The summed E-state index contributed by atoms with van der Waals surface area (Å²) in [5, 5.41) is 6.10. The van der Waals surface area contributed by atoms with Crippen LogP contribution in [0.15, 0.2) is 66.7 Å². The SMILES string of the molecule is COc1ccccc1OCCNCCc1cccc2[nH]c3ccccc3c12. The molecule has 0 atom stereocenters. The summed E-state index contributed by atoms with van der Waals surface area (Å²) >= 11 is 0. The first kappa shape index (κ1) is 17.4. The Hall–Kier alpha value is -2.98. The highest BCUT2D eigenvalue weighted by Gasteiger charge is 2.08. The van der Waals surface area contributed by atoms with Crippen molar-refractivity contribution >= 4 is 21.8 Å². The fourth-order valence-electron chi connectivity index (χ4n) is 3.51. The lowest BCUT2D eigenvalue weighted by atomic mass is 10.0. The third-order valence-corrected chi connectivity index (χ3v) is 4.79. The molecule has 0 saturated heterocycles. The van der Waals surface area contributed by atoms with Gasteiger partial charge < -0.3 is 19.8 Å². The molecular formula is C23H24N2O2. The van der Waals surface area contributed by atoms with Gasteiger partial charge in [0.25, 0.3) is 0 Å². The van der Waals surface area contributed by atoms with Gasteiger partial charge in [0.05, 0.1) is 7.11 Å². The molecule has 0 aliphatic rings. The van der Waals surface area contributed by atoms with Gasteiger partial charge in [-0.25, -0.2) is 0 Å². The van der Waals surface area contributed by atoms with Crippen molar-refractivity contribution in [2.45, 2.75) is 6.42 Å². The molecule has 0 bridgehead atoms. The van der Waals surface area contributed by atoms with Crippen LogP contribution in [-0.2, 0) is 6.42 Å². The van der Waals surface area contributed by atoms with Gasteiger partial charge >= 0.3 is 0 Å². The molecule has 0 unspecified atom stereocenters. The van der Waals surface area contributed by atoms with E-state index in [1.165, 1.54) is 27.4 Å². The lowest BCUT2D eigenvalue weighted by Crippen LogP contribution is -2.23. The number of aromatic nitrogens is 1. The molecule has 138 valence electrons. The summed E-state index contributed by atoms with van der Waals surface area (Å²) < 4.78 is 11.1. The standard InChI is InChI=1S/C23H24N2O2/c1-26-21-11-4-5-12-22(21)27-16-15-24-14-13-17-7-6-10-20-23(17)18-8-2-3-9-19(18)25-20/h2-12,24-25H,13-16H2,1H3. The number of hydrogen-bond acceptors (Lipinski definition) is 3. The fraction of sp³-hybridized carbons (Fsp3) is 0.217. The minimum atomic E-state index is 0.609. The normalized spacial score (nSPS) is 11.1. The van der Waals surface area contributed by atoms with Gasteiger partial charge in [-0.3, -0.25) is 0 Å². The van der Waals surface area contributed by atoms with Gasteiger partial charge in [-0.05, 0) is 42.8 Å².